The molecule has 0 aliphatic carbocycles. The quantitative estimate of drug-likeness (QED) is 0.912. The summed E-state index contributed by atoms with van der Waals surface area (Å²) in [6.45, 7) is -0.498. The van der Waals surface area contributed by atoms with Crippen LogP contribution >= 0.6 is 15.9 Å². The highest BCUT2D eigenvalue weighted by Crippen LogP contribution is 2.26. The van der Waals surface area contributed by atoms with Gasteiger partial charge in [-0.15, -0.1) is 0 Å². The van der Waals surface area contributed by atoms with Gasteiger partial charge in [-0.25, -0.2) is 4.39 Å². The number of nitrogens with two attached hydrogens (primary N) is 1. The second-order valence-corrected chi connectivity index (χ2v) is 3.91. The van der Waals surface area contributed by atoms with Gasteiger partial charge in [0.2, 0.25) is 5.88 Å². The zero-order chi connectivity index (χ0) is 10.8. The Balaban J connectivity index is 2.42. The summed E-state index contributed by atoms with van der Waals surface area (Å²) in [6, 6.07) is 6.88. The third-order valence-electron chi connectivity index (χ3n) is 2.02. The lowest BCUT2D eigenvalue weighted by Crippen LogP contribution is -1.83. The van der Waals surface area contributed by atoms with E-state index in [0.29, 0.717) is 15.7 Å². The Morgan fingerprint density at radius 1 is 1.40 bits per heavy atom. The number of rotatable bonds is 2. The molecule has 5 heteroatoms. The Hall–Kier alpha value is -1.36. The van der Waals surface area contributed by atoms with Gasteiger partial charge in [0.25, 0.3) is 0 Å². The Labute approximate surface area is 94.2 Å². The summed E-state index contributed by atoms with van der Waals surface area (Å²) < 4.78 is 17.9. The van der Waals surface area contributed by atoms with Crippen LogP contribution in [0.25, 0.3) is 11.3 Å². The fraction of sp³-hybridized carbons (Fsp3) is 0.100. The summed E-state index contributed by atoms with van der Waals surface area (Å²) in [5, 5.41) is 3.77. The van der Waals surface area contributed by atoms with Crippen molar-refractivity contribution in [2.45, 2.75) is 6.67 Å². The molecule has 0 amide bonds. The molecule has 2 aromatic rings. The van der Waals surface area contributed by atoms with E-state index in [2.05, 4.69) is 21.1 Å². The first kappa shape index (κ1) is 10.2. The normalized spacial score (nSPS) is 10.5. The van der Waals surface area contributed by atoms with Crippen LogP contribution in [0.2, 0.25) is 0 Å². The van der Waals surface area contributed by atoms with Crippen molar-refractivity contribution in [3.63, 3.8) is 0 Å². The highest BCUT2D eigenvalue weighted by molar-refractivity contribution is 9.10. The van der Waals surface area contributed by atoms with Gasteiger partial charge in [0.15, 0.2) is 0 Å². The fourth-order valence-corrected chi connectivity index (χ4v) is 1.73. The molecule has 1 aromatic carbocycles. The van der Waals surface area contributed by atoms with Crippen LogP contribution < -0.4 is 5.73 Å². The summed E-state index contributed by atoms with van der Waals surface area (Å²) in [6.07, 6.45) is 0. The molecule has 3 nitrogen and oxygen atoms in total. The maximum atomic E-state index is 12.4. The molecule has 0 atom stereocenters. The van der Waals surface area contributed by atoms with E-state index in [-0.39, 0.29) is 5.88 Å². The van der Waals surface area contributed by atoms with Gasteiger partial charge in [-0.1, -0.05) is 33.2 Å². The predicted molar refractivity (Wildman–Crippen MR) is 58.9 cm³/mol. The number of alkyl halides is 1. The first-order valence-electron chi connectivity index (χ1n) is 4.27. The molecule has 1 aromatic heterocycles. The molecule has 0 radical (unpaired) electrons. The second-order valence-electron chi connectivity index (χ2n) is 3.05. The number of aromatic nitrogens is 1. The average molecular weight is 271 g/mol. The molecule has 2 rings (SSSR count). The van der Waals surface area contributed by atoms with Crippen LogP contribution in [-0.4, -0.2) is 5.16 Å². The lowest BCUT2D eigenvalue weighted by molar-refractivity contribution is 0.439. The molecule has 0 aliphatic rings. The van der Waals surface area contributed by atoms with Crippen molar-refractivity contribution in [2.75, 3.05) is 5.73 Å². The Bertz CT molecular complexity index is 484. The summed E-state index contributed by atoms with van der Waals surface area (Å²) in [7, 11) is 0. The number of nitrogens with zero attached hydrogens (tertiary/aromatic N) is 1. The SMILES string of the molecule is Nc1cc(-c2ccc(CF)c(Br)c2)no1. The van der Waals surface area contributed by atoms with E-state index in [0.717, 1.165) is 5.56 Å². The summed E-state index contributed by atoms with van der Waals surface area (Å²) in [5.74, 6) is 0.260. The Kier molecular flexibility index (Phi) is 2.73. The molecule has 0 saturated heterocycles. The summed E-state index contributed by atoms with van der Waals surface area (Å²) in [5.41, 5.74) is 7.49. The topological polar surface area (TPSA) is 52.0 Å². The lowest BCUT2D eigenvalue weighted by Gasteiger charge is -2.01. The minimum atomic E-state index is -0.498. The molecule has 2 N–H and O–H groups in total. The first-order valence-corrected chi connectivity index (χ1v) is 5.07. The van der Waals surface area contributed by atoms with Gasteiger partial charge < -0.3 is 10.3 Å². The summed E-state index contributed by atoms with van der Waals surface area (Å²) >= 11 is 3.28. The minimum Gasteiger partial charge on any atom is -0.368 e. The van der Waals surface area contributed by atoms with Crippen LogP contribution in [0, 0.1) is 0 Å². The van der Waals surface area contributed by atoms with Crippen LogP contribution in [0.4, 0.5) is 10.3 Å². The van der Waals surface area contributed by atoms with Crippen molar-refractivity contribution in [1.29, 1.82) is 0 Å². The zero-order valence-electron chi connectivity index (χ0n) is 7.71. The molecule has 0 aliphatic heterocycles. The van der Waals surface area contributed by atoms with E-state index in [1.54, 1.807) is 24.3 Å². The Morgan fingerprint density at radius 3 is 2.73 bits per heavy atom. The van der Waals surface area contributed by atoms with Gasteiger partial charge in [0, 0.05) is 16.1 Å². The lowest BCUT2D eigenvalue weighted by atomic mass is 10.1. The highest BCUT2D eigenvalue weighted by Gasteiger charge is 2.06. The van der Waals surface area contributed by atoms with Gasteiger partial charge in [-0.3, -0.25) is 0 Å². The van der Waals surface area contributed by atoms with E-state index in [4.69, 9.17) is 10.3 Å². The van der Waals surface area contributed by atoms with Gasteiger partial charge >= 0.3 is 0 Å². The zero-order valence-corrected chi connectivity index (χ0v) is 9.29. The van der Waals surface area contributed by atoms with Crippen LogP contribution in [0.1, 0.15) is 5.56 Å². The van der Waals surface area contributed by atoms with E-state index in [1.165, 1.54) is 0 Å². The highest BCUT2D eigenvalue weighted by atomic mass is 79.9. The standard InChI is InChI=1S/C10H8BrFN2O/c11-8-3-6(1-2-7(8)5-12)9-4-10(13)15-14-9/h1-4H,5,13H2. The number of benzene rings is 1. The van der Waals surface area contributed by atoms with Crippen molar-refractivity contribution in [3.8, 4) is 11.3 Å². The maximum Gasteiger partial charge on any atom is 0.222 e. The molecule has 78 valence electrons. The van der Waals surface area contributed by atoms with E-state index >= 15 is 0 Å². The van der Waals surface area contributed by atoms with E-state index in [1.807, 2.05) is 0 Å². The number of nitrogen functional groups attached to an aromatic ring is 1. The van der Waals surface area contributed by atoms with E-state index in [9.17, 15) is 4.39 Å². The van der Waals surface area contributed by atoms with Gasteiger partial charge in [-0.05, 0) is 11.6 Å². The largest absolute Gasteiger partial charge is 0.368 e. The molecule has 0 fully saturated rings. The maximum absolute atomic E-state index is 12.4. The Morgan fingerprint density at radius 2 is 2.20 bits per heavy atom. The third-order valence-corrected chi connectivity index (χ3v) is 2.76. The molecule has 0 spiro atoms. The summed E-state index contributed by atoms with van der Waals surface area (Å²) in [4.78, 5) is 0. The number of anilines is 1. The van der Waals surface area contributed by atoms with Gasteiger partial charge in [0.05, 0.1) is 0 Å². The molecule has 1 heterocycles. The predicted octanol–water partition coefficient (Wildman–Crippen LogP) is 3.16. The average Bonchev–Trinajstić information content (AvgIpc) is 2.65. The van der Waals surface area contributed by atoms with Crippen molar-refractivity contribution >= 4 is 21.8 Å². The number of halogens is 2. The molecule has 0 bridgehead atoms. The van der Waals surface area contributed by atoms with Crippen molar-refractivity contribution < 1.29 is 8.91 Å². The molecule has 0 unspecified atom stereocenters. The monoisotopic (exact) mass is 270 g/mol. The fourth-order valence-electron chi connectivity index (χ4n) is 1.24. The van der Waals surface area contributed by atoms with Crippen molar-refractivity contribution in [3.05, 3.63) is 34.3 Å². The van der Waals surface area contributed by atoms with E-state index < -0.39 is 6.67 Å². The molecule has 15 heavy (non-hydrogen) atoms. The van der Waals surface area contributed by atoms with Crippen LogP contribution in [-0.2, 0) is 6.67 Å². The first-order chi connectivity index (χ1) is 7.20. The van der Waals surface area contributed by atoms with Gasteiger partial charge in [-0.2, -0.15) is 0 Å². The van der Waals surface area contributed by atoms with Crippen LogP contribution in [0.3, 0.4) is 0 Å². The molecule has 0 saturated carbocycles. The van der Waals surface area contributed by atoms with Crippen LogP contribution in [0.15, 0.2) is 33.3 Å². The van der Waals surface area contributed by atoms with Crippen molar-refractivity contribution in [1.82, 2.24) is 5.16 Å². The number of hydrogen-bond acceptors (Lipinski definition) is 3. The molecular formula is C10H8BrFN2O. The van der Waals surface area contributed by atoms with Gasteiger partial charge in [0.1, 0.15) is 12.4 Å². The second kappa shape index (κ2) is 4.02. The smallest absolute Gasteiger partial charge is 0.222 e. The molecular weight excluding hydrogens is 263 g/mol. The number of hydrogen-bond donors (Lipinski definition) is 1. The van der Waals surface area contributed by atoms with Crippen molar-refractivity contribution in [2.24, 2.45) is 0 Å². The minimum absolute atomic E-state index is 0.260. The third kappa shape index (κ3) is 2.02. The van der Waals surface area contributed by atoms with Crippen LogP contribution in [0.5, 0.6) is 0 Å².